The van der Waals surface area contributed by atoms with Crippen molar-refractivity contribution in [1.82, 2.24) is 10.2 Å². The predicted molar refractivity (Wildman–Crippen MR) is 50.0 cm³/mol. The lowest BCUT2D eigenvalue weighted by Crippen LogP contribution is -2.53. The molecule has 2 aliphatic rings. The number of urea groups is 1. The zero-order chi connectivity index (χ0) is 10.8. The van der Waals surface area contributed by atoms with Crippen molar-refractivity contribution in [2.24, 2.45) is 0 Å². The van der Waals surface area contributed by atoms with E-state index in [1.807, 2.05) is 0 Å². The van der Waals surface area contributed by atoms with Gasteiger partial charge in [-0.2, -0.15) is 0 Å². The number of nitrogens with one attached hydrogen (secondary N) is 1. The van der Waals surface area contributed by atoms with Gasteiger partial charge in [-0.05, 0) is 6.42 Å². The molecule has 0 radical (unpaired) electrons. The van der Waals surface area contributed by atoms with Gasteiger partial charge < -0.3 is 15.2 Å². The molecule has 2 heterocycles. The number of rotatable bonds is 2. The maximum Gasteiger partial charge on any atom is 0.319 e. The van der Waals surface area contributed by atoms with Crippen molar-refractivity contribution < 1.29 is 19.0 Å². The molecule has 0 spiro atoms. The first kappa shape index (κ1) is 10.6. The fraction of sp³-hybridized carbons (Fsp3) is 0.889. The molecule has 0 aliphatic carbocycles. The number of hydrogen-bond donors (Lipinski definition) is 2. The van der Waals surface area contributed by atoms with Gasteiger partial charge in [-0.25, -0.2) is 9.18 Å². The highest BCUT2D eigenvalue weighted by Gasteiger charge is 2.41. The van der Waals surface area contributed by atoms with E-state index in [-0.39, 0.29) is 19.1 Å². The van der Waals surface area contributed by atoms with Crippen molar-refractivity contribution in [3.8, 4) is 0 Å². The topological polar surface area (TPSA) is 61.8 Å². The van der Waals surface area contributed by atoms with E-state index < -0.39 is 18.5 Å². The van der Waals surface area contributed by atoms with Gasteiger partial charge in [-0.1, -0.05) is 0 Å². The number of alkyl halides is 1. The Labute approximate surface area is 87.2 Å². The molecule has 2 fully saturated rings. The highest BCUT2D eigenvalue weighted by molar-refractivity contribution is 5.75. The third-order valence-corrected chi connectivity index (χ3v) is 2.75. The third-order valence-electron chi connectivity index (χ3n) is 2.75. The Bertz CT molecular complexity index is 252. The molecule has 6 heteroatoms. The number of amides is 2. The van der Waals surface area contributed by atoms with Crippen LogP contribution in [0.4, 0.5) is 9.18 Å². The number of nitrogens with zero attached hydrogens (tertiary/aromatic N) is 1. The van der Waals surface area contributed by atoms with E-state index in [0.717, 1.165) is 6.42 Å². The summed E-state index contributed by atoms with van der Waals surface area (Å²) in [5.41, 5.74) is 0. The quantitative estimate of drug-likeness (QED) is 0.677. The first-order valence-corrected chi connectivity index (χ1v) is 5.17. The largest absolute Gasteiger partial charge is 0.394 e. The summed E-state index contributed by atoms with van der Waals surface area (Å²) in [5.74, 6) is 0. The molecule has 0 aromatic rings. The van der Waals surface area contributed by atoms with Crippen molar-refractivity contribution in [3.63, 3.8) is 0 Å². The number of aliphatic hydroxyl groups is 1. The van der Waals surface area contributed by atoms with E-state index in [1.54, 1.807) is 0 Å². The standard InChI is InChI=1S/C9H15FN2O3/c10-7-4-6(5-13)15-8(7)12-3-1-2-11-9(12)14/h6-8,13H,1-5H2,(H,11,14)/t6-,7-,8?/m0/s1. The van der Waals surface area contributed by atoms with E-state index in [1.165, 1.54) is 4.90 Å². The van der Waals surface area contributed by atoms with Crippen molar-refractivity contribution in [1.29, 1.82) is 0 Å². The Morgan fingerprint density at radius 1 is 1.67 bits per heavy atom. The second-order valence-electron chi connectivity index (χ2n) is 3.86. The van der Waals surface area contributed by atoms with Gasteiger partial charge in [-0.3, -0.25) is 4.90 Å². The molecule has 2 N–H and O–H groups in total. The van der Waals surface area contributed by atoms with Gasteiger partial charge in [0.05, 0.1) is 12.7 Å². The minimum Gasteiger partial charge on any atom is -0.394 e. The number of carbonyl (C=O) groups is 1. The van der Waals surface area contributed by atoms with Crippen LogP contribution in [0.1, 0.15) is 12.8 Å². The highest BCUT2D eigenvalue weighted by Crippen LogP contribution is 2.26. The Balaban J connectivity index is 2.00. The molecule has 2 amide bonds. The molecule has 15 heavy (non-hydrogen) atoms. The van der Waals surface area contributed by atoms with E-state index in [0.29, 0.717) is 13.1 Å². The van der Waals surface area contributed by atoms with Crippen molar-refractivity contribution in [2.75, 3.05) is 19.7 Å². The minimum atomic E-state index is -1.20. The van der Waals surface area contributed by atoms with E-state index in [2.05, 4.69) is 5.32 Å². The normalized spacial score (nSPS) is 36.8. The zero-order valence-corrected chi connectivity index (χ0v) is 8.36. The van der Waals surface area contributed by atoms with Crippen LogP contribution in [-0.4, -0.2) is 54.2 Å². The van der Waals surface area contributed by atoms with Crippen LogP contribution in [0.3, 0.4) is 0 Å². The molecule has 1 unspecified atom stereocenters. The average molecular weight is 218 g/mol. The summed E-state index contributed by atoms with van der Waals surface area (Å²) in [6, 6.07) is -0.285. The summed E-state index contributed by atoms with van der Waals surface area (Å²) in [4.78, 5) is 12.8. The fourth-order valence-electron chi connectivity index (χ4n) is 1.98. The molecule has 0 saturated carbocycles. The molecule has 2 saturated heterocycles. The Kier molecular flexibility index (Phi) is 3.06. The van der Waals surface area contributed by atoms with Crippen LogP contribution in [0.2, 0.25) is 0 Å². The predicted octanol–water partition coefficient (Wildman–Crippen LogP) is -0.153. The van der Waals surface area contributed by atoms with Crippen LogP contribution in [0.5, 0.6) is 0 Å². The second-order valence-corrected chi connectivity index (χ2v) is 3.86. The van der Waals surface area contributed by atoms with Crippen LogP contribution in [0.25, 0.3) is 0 Å². The fourth-order valence-corrected chi connectivity index (χ4v) is 1.98. The lowest BCUT2D eigenvalue weighted by molar-refractivity contribution is -0.0688. The van der Waals surface area contributed by atoms with Crippen LogP contribution >= 0.6 is 0 Å². The van der Waals surface area contributed by atoms with E-state index >= 15 is 0 Å². The van der Waals surface area contributed by atoms with Crippen LogP contribution < -0.4 is 5.32 Å². The monoisotopic (exact) mass is 218 g/mol. The third kappa shape index (κ3) is 2.05. The van der Waals surface area contributed by atoms with Gasteiger partial charge in [-0.15, -0.1) is 0 Å². The molecule has 0 aromatic heterocycles. The summed E-state index contributed by atoms with van der Waals surface area (Å²) in [6.45, 7) is 0.934. The summed E-state index contributed by atoms with van der Waals surface area (Å²) >= 11 is 0. The molecule has 2 aliphatic heterocycles. The maximum absolute atomic E-state index is 13.5. The van der Waals surface area contributed by atoms with Gasteiger partial charge in [0, 0.05) is 19.5 Å². The van der Waals surface area contributed by atoms with Crippen LogP contribution in [0.15, 0.2) is 0 Å². The Morgan fingerprint density at radius 2 is 2.47 bits per heavy atom. The van der Waals surface area contributed by atoms with Crippen LogP contribution in [-0.2, 0) is 4.74 Å². The summed E-state index contributed by atoms with van der Waals surface area (Å²) in [6.07, 6.45) is -1.57. The van der Waals surface area contributed by atoms with Gasteiger partial charge in [0.2, 0.25) is 0 Å². The van der Waals surface area contributed by atoms with E-state index in [4.69, 9.17) is 9.84 Å². The average Bonchev–Trinajstić information content (AvgIpc) is 2.60. The first-order valence-electron chi connectivity index (χ1n) is 5.17. The molecular formula is C9H15FN2O3. The van der Waals surface area contributed by atoms with Gasteiger partial charge >= 0.3 is 6.03 Å². The number of halogens is 1. The zero-order valence-electron chi connectivity index (χ0n) is 8.36. The first-order chi connectivity index (χ1) is 7.22. The molecule has 0 aromatic carbocycles. The second kappa shape index (κ2) is 4.32. The minimum absolute atomic E-state index is 0.158. The molecule has 0 bridgehead atoms. The lowest BCUT2D eigenvalue weighted by atomic mass is 10.2. The van der Waals surface area contributed by atoms with Crippen molar-refractivity contribution >= 4 is 6.03 Å². The number of ether oxygens (including phenoxy) is 1. The SMILES string of the molecule is O=C1NCCCN1C1O[C@H](CO)C[C@@H]1F. The van der Waals surface area contributed by atoms with Gasteiger partial charge in [0.1, 0.15) is 6.17 Å². The molecule has 5 nitrogen and oxygen atoms in total. The highest BCUT2D eigenvalue weighted by atomic mass is 19.1. The van der Waals surface area contributed by atoms with E-state index in [9.17, 15) is 9.18 Å². The molecular weight excluding hydrogens is 203 g/mol. The number of aliphatic hydroxyl groups excluding tert-OH is 1. The van der Waals surface area contributed by atoms with Crippen molar-refractivity contribution in [2.45, 2.75) is 31.3 Å². The summed E-state index contributed by atoms with van der Waals surface area (Å²) in [5, 5.41) is 11.5. The molecule has 86 valence electrons. The number of hydrogen-bond acceptors (Lipinski definition) is 3. The van der Waals surface area contributed by atoms with Crippen LogP contribution in [0, 0.1) is 0 Å². The van der Waals surface area contributed by atoms with Crippen molar-refractivity contribution in [3.05, 3.63) is 0 Å². The lowest BCUT2D eigenvalue weighted by Gasteiger charge is -2.32. The number of carbonyl (C=O) groups excluding carboxylic acids is 1. The smallest absolute Gasteiger partial charge is 0.319 e. The summed E-state index contributed by atoms with van der Waals surface area (Å²) in [7, 11) is 0. The Morgan fingerprint density at radius 3 is 3.07 bits per heavy atom. The maximum atomic E-state index is 13.5. The molecule has 3 atom stereocenters. The van der Waals surface area contributed by atoms with Gasteiger partial charge in [0.25, 0.3) is 0 Å². The van der Waals surface area contributed by atoms with Gasteiger partial charge in [0.15, 0.2) is 6.23 Å². The molecule has 2 rings (SSSR count). The summed E-state index contributed by atoms with van der Waals surface area (Å²) < 4.78 is 18.8. The Hall–Kier alpha value is -0.880.